The number of hydrogen-bond donors (Lipinski definition) is 1. The van der Waals surface area contributed by atoms with Crippen LogP contribution in [0.2, 0.25) is 0 Å². The molecule has 5 heteroatoms. The van der Waals surface area contributed by atoms with Crippen LogP contribution in [0.1, 0.15) is 30.1 Å². The Balaban J connectivity index is 3.10. The van der Waals surface area contributed by atoms with Gasteiger partial charge in [0.15, 0.2) is 5.78 Å². The molecule has 0 aliphatic carbocycles. The zero-order valence-corrected chi connectivity index (χ0v) is 8.27. The Kier molecular flexibility index (Phi) is 3.38. The second-order valence-corrected chi connectivity index (χ2v) is 3.13. The Morgan fingerprint density at radius 1 is 1.53 bits per heavy atom. The van der Waals surface area contributed by atoms with Crippen molar-refractivity contribution in [3.63, 3.8) is 0 Å². The summed E-state index contributed by atoms with van der Waals surface area (Å²) in [6.45, 7) is 1.83. The van der Waals surface area contributed by atoms with Crippen molar-refractivity contribution in [1.82, 2.24) is 0 Å². The van der Waals surface area contributed by atoms with E-state index < -0.39 is 4.92 Å². The van der Waals surface area contributed by atoms with Gasteiger partial charge < -0.3 is 5.11 Å². The molecule has 0 saturated carbocycles. The van der Waals surface area contributed by atoms with E-state index in [-0.39, 0.29) is 29.2 Å². The molecule has 0 heterocycles. The van der Waals surface area contributed by atoms with Crippen molar-refractivity contribution in [2.45, 2.75) is 19.8 Å². The SMILES string of the molecule is CCCC(=O)c1cc([N+](=O)[O-])ccc1O. The molecule has 0 spiro atoms. The van der Waals surface area contributed by atoms with E-state index in [1.165, 1.54) is 6.07 Å². The summed E-state index contributed by atoms with van der Waals surface area (Å²) in [6.07, 6.45) is 0.912. The number of nitro benzene ring substituents is 1. The second-order valence-electron chi connectivity index (χ2n) is 3.13. The number of aromatic hydroxyl groups is 1. The van der Waals surface area contributed by atoms with Gasteiger partial charge in [0.1, 0.15) is 5.75 Å². The summed E-state index contributed by atoms with van der Waals surface area (Å²) in [4.78, 5) is 21.3. The third kappa shape index (κ3) is 2.52. The highest BCUT2D eigenvalue weighted by molar-refractivity contribution is 5.99. The maximum atomic E-state index is 11.5. The quantitative estimate of drug-likeness (QED) is 0.468. The van der Waals surface area contributed by atoms with E-state index in [1.54, 1.807) is 0 Å². The molecule has 0 aromatic heterocycles. The summed E-state index contributed by atoms with van der Waals surface area (Å²) >= 11 is 0. The minimum Gasteiger partial charge on any atom is -0.507 e. The largest absolute Gasteiger partial charge is 0.507 e. The maximum absolute atomic E-state index is 11.5. The number of carbonyl (C=O) groups excluding carboxylic acids is 1. The number of non-ortho nitro benzene ring substituents is 1. The van der Waals surface area contributed by atoms with Crippen molar-refractivity contribution in [3.05, 3.63) is 33.9 Å². The third-order valence-corrected chi connectivity index (χ3v) is 1.97. The van der Waals surface area contributed by atoms with E-state index in [9.17, 15) is 20.0 Å². The predicted octanol–water partition coefficient (Wildman–Crippen LogP) is 2.28. The first-order valence-electron chi connectivity index (χ1n) is 4.57. The normalized spacial score (nSPS) is 9.93. The number of ketones is 1. The molecule has 5 nitrogen and oxygen atoms in total. The number of hydrogen-bond acceptors (Lipinski definition) is 4. The van der Waals surface area contributed by atoms with Crippen LogP contribution in [0.5, 0.6) is 5.75 Å². The van der Waals surface area contributed by atoms with Gasteiger partial charge in [0.25, 0.3) is 5.69 Å². The van der Waals surface area contributed by atoms with E-state index in [4.69, 9.17) is 0 Å². The van der Waals surface area contributed by atoms with Crippen LogP contribution in [0, 0.1) is 10.1 Å². The highest BCUT2D eigenvalue weighted by Gasteiger charge is 2.15. The highest BCUT2D eigenvalue weighted by atomic mass is 16.6. The summed E-state index contributed by atoms with van der Waals surface area (Å²) in [5, 5.41) is 19.8. The van der Waals surface area contributed by atoms with Crippen molar-refractivity contribution >= 4 is 11.5 Å². The molecular formula is C10H11NO4. The molecule has 1 aromatic carbocycles. The second kappa shape index (κ2) is 4.54. The Hall–Kier alpha value is -1.91. The molecule has 0 radical (unpaired) electrons. The van der Waals surface area contributed by atoms with Crippen molar-refractivity contribution in [2.24, 2.45) is 0 Å². The minimum absolute atomic E-state index is 0.0195. The summed E-state index contributed by atoms with van der Waals surface area (Å²) in [7, 11) is 0. The van der Waals surface area contributed by atoms with Crippen LogP contribution >= 0.6 is 0 Å². The van der Waals surface area contributed by atoms with Crippen LogP contribution in [0.3, 0.4) is 0 Å². The van der Waals surface area contributed by atoms with Crippen molar-refractivity contribution < 1.29 is 14.8 Å². The average Bonchev–Trinajstić information content (AvgIpc) is 2.18. The lowest BCUT2D eigenvalue weighted by Gasteiger charge is -2.02. The lowest BCUT2D eigenvalue weighted by Crippen LogP contribution is -2.00. The van der Waals surface area contributed by atoms with Gasteiger partial charge in [-0.25, -0.2) is 0 Å². The molecule has 0 atom stereocenters. The van der Waals surface area contributed by atoms with E-state index in [0.29, 0.717) is 6.42 Å². The van der Waals surface area contributed by atoms with Gasteiger partial charge in [0, 0.05) is 18.6 Å². The highest BCUT2D eigenvalue weighted by Crippen LogP contribution is 2.24. The van der Waals surface area contributed by atoms with Crippen molar-refractivity contribution in [2.75, 3.05) is 0 Å². The number of rotatable bonds is 4. The number of benzene rings is 1. The molecule has 0 aliphatic rings. The van der Waals surface area contributed by atoms with Gasteiger partial charge in [0.2, 0.25) is 0 Å². The van der Waals surface area contributed by atoms with Crippen molar-refractivity contribution in [3.8, 4) is 5.75 Å². The monoisotopic (exact) mass is 209 g/mol. The molecule has 1 aromatic rings. The predicted molar refractivity (Wildman–Crippen MR) is 54.0 cm³/mol. The van der Waals surface area contributed by atoms with Gasteiger partial charge >= 0.3 is 0 Å². The summed E-state index contributed by atoms with van der Waals surface area (Å²) < 4.78 is 0. The Morgan fingerprint density at radius 3 is 2.73 bits per heavy atom. The smallest absolute Gasteiger partial charge is 0.270 e. The van der Waals surface area contributed by atoms with Gasteiger partial charge in [-0.1, -0.05) is 6.92 Å². The number of Topliss-reactive ketones (excluding diaryl/α,β-unsaturated/α-hetero) is 1. The van der Waals surface area contributed by atoms with E-state index in [0.717, 1.165) is 12.1 Å². The molecule has 0 unspecified atom stereocenters. The summed E-state index contributed by atoms with van der Waals surface area (Å²) in [5.74, 6) is -0.488. The topological polar surface area (TPSA) is 80.4 Å². The minimum atomic E-state index is -0.595. The molecule has 1 N–H and O–H groups in total. The van der Waals surface area contributed by atoms with E-state index >= 15 is 0 Å². The van der Waals surface area contributed by atoms with Gasteiger partial charge in [-0.15, -0.1) is 0 Å². The Morgan fingerprint density at radius 2 is 2.20 bits per heavy atom. The zero-order valence-electron chi connectivity index (χ0n) is 8.27. The fourth-order valence-electron chi connectivity index (χ4n) is 1.22. The Labute approximate surface area is 86.5 Å². The van der Waals surface area contributed by atoms with Crippen LogP contribution < -0.4 is 0 Å². The van der Waals surface area contributed by atoms with Crippen LogP contribution in [-0.4, -0.2) is 15.8 Å². The zero-order chi connectivity index (χ0) is 11.4. The molecule has 15 heavy (non-hydrogen) atoms. The number of phenols is 1. The van der Waals surface area contributed by atoms with E-state index in [2.05, 4.69) is 0 Å². The molecule has 0 fully saturated rings. The molecule has 1 rings (SSSR count). The maximum Gasteiger partial charge on any atom is 0.270 e. The van der Waals surface area contributed by atoms with Crippen LogP contribution in [0.4, 0.5) is 5.69 Å². The van der Waals surface area contributed by atoms with Gasteiger partial charge in [0.05, 0.1) is 10.5 Å². The van der Waals surface area contributed by atoms with Gasteiger partial charge in [-0.2, -0.15) is 0 Å². The molecular weight excluding hydrogens is 198 g/mol. The van der Waals surface area contributed by atoms with Crippen LogP contribution in [0.15, 0.2) is 18.2 Å². The van der Waals surface area contributed by atoms with Gasteiger partial charge in [-0.3, -0.25) is 14.9 Å². The number of nitrogens with zero attached hydrogens (tertiary/aromatic N) is 1. The summed E-state index contributed by atoms with van der Waals surface area (Å²) in [6, 6.07) is 3.44. The average molecular weight is 209 g/mol. The fourth-order valence-corrected chi connectivity index (χ4v) is 1.22. The van der Waals surface area contributed by atoms with Gasteiger partial charge in [-0.05, 0) is 12.5 Å². The first-order valence-corrected chi connectivity index (χ1v) is 4.57. The van der Waals surface area contributed by atoms with Crippen LogP contribution in [0.25, 0.3) is 0 Å². The lowest BCUT2D eigenvalue weighted by molar-refractivity contribution is -0.384. The van der Waals surface area contributed by atoms with Crippen molar-refractivity contribution in [1.29, 1.82) is 0 Å². The molecule has 0 saturated heterocycles. The van der Waals surface area contributed by atoms with Crippen LogP contribution in [-0.2, 0) is 0 Å². The number of nitro groups is 1. The first-order chi connectivity index (χ1) is 7.06. The Bertz CT molecular complexity index is 400. The molecule has 0 bridgehead atoms. The number of carbonyl (C=O) groups is 1. The standard InChI is InChI=1S/C10H11NO4/c1-2-3-9(12)8-6-7(11(14)15)4-5-10(8)13/h4-6,13H,2-3H2,1H3. The number of phenolic OH excluding ortho intramolecular Hbond substituents is 1. The first kappa shape index (κ1) is 11.2. The summed E-state index contributed by atoms with van der Waals surface area (Å²) in [5.41, 5.74) is -0.168. The van der Waals surface area contributed by atoms with E-state index in [1.807, 2.05) is 6.92 Å². The molecule has 0 amide bonds. The fraction of sp³-hybridized carbons (Fsp3) is 0.300. The molecule has 0 aliphatic heterocycles. The molecule has 80 valence electrons. The lowest BCUT2D eigenvalue weighted by atomic mass is 10.1. The third-order valence-electron chi connectivity index (χ3n) is 1.97.